The molecule has 1 aromatic heterocycles. The molecule has 136 valence electrons. The normalized spacial score (nSPS) is 16.7. The maximum absolute atomic E-state index is 12.6. The zero-order valence-corrected chi connectivity index (χ0v) is 15.7. The summed E-state index contributed by atoms with van der Waals surface area (Å²) in [4.78, 5) is 12.6. The molecule has 2 aromatic rings. The third kappa shape index (κ3) is 3.11. The van der Waals surface area contributed by atoms with Gasteiger partial charge in [0.15, 0.2) is 0 Å². The first-order valence-electron chi connectivity index (χ1n) is 8.67. The molecule has 1 aliphatic carbocycles. The molecule has 0 aliphatic heterocycles. The second-order valence-corrected chi connectivity index (χ2v) is 6.58. The van der Waals surface area contributed by atoms with E-state index in [1.54, 1.807) is 14.2 Å². The SMILES string of the molecule is CCOC(=O)[C@@H]1CCCc2c1c1c(OC)ccc(Cl)c1n2CCOC. The van der Waals surface area contributed by atoms with E-state index in [4.69, 9.17) is 25.8 Å². The van der Waals surface area contributed by atoms with Gasteiger partial charge in [-0.15, -0.1) is 0 Å². The second-order valence-electron chi connectivity index (χ2n) is 6.17. The van der Waals surface area contributed by atoms with Crippen LogP contribution in [0.3, 0.4) is 0 Å². The topological polar surface area (TPSA) is 49.7 Å². The molecular weight excluding hydrogens is 342 g/mol. The quantitative estimate of drug-likeness (QED) is 0.728. The number of hydrogen-bond donors (Lipinski definition) is 0. The van der Waals surface area contributed by atoms with E-state index in [-0.39, 0.29) is 11.9 Å². The molecule has 5 nitrogen and oxygen atoms in total. The van der Waals surface area contributed by atoms with E-state index in [2.05, 4.69) is 4.57 Å². The van der Waals surface area contributed by atoms with Crippen molar-refractivity contribution in [2.24, 2.45) is 0 Å². The van der Waals surface area contributed by atoms with Gasteiger partial charge in [0.05, 0.1) is 36.8 Å². The number of hydrogen-bond acceptors (Lipinski definition) is 4. The van der Waals surface area contributed by atoms with Crippen LogP contribution in [0.4, 0.5) is 0 Å². The molecule has 0 amide bonds. The Morgan fingerprint density at radius 3 is 2.84 bits per heavy atom. The smallest absolute Gasteiger partial charge is 0.313 e. The molecule has 3 rings (SSSR count). The van der Waals surface area contributed by atoms with Crippen molar-refractivity contribution in [3.8, 4) is 5.75 Å². The van der Waals surface area contributed by atoms with Gasteiger partial charge in [-0.3, -0.25) is 4.79 Å². The van der Waals surface area contributed by atoms with Crippen LogP contribution in [0.5, 0.6) is 5.75 Å². The fourth-order valence-electron chi connectivity index (χ4n) is 3.84. The first kappa shape index (κ1) is 18.1. The van der Waals surface area contributed by atoms with Crippen LogP contribution in [-0.4, -0.2) is 38.0 Å². The van der Waals surface area contributed by atoms with Gasteiger partial charge in [0.2, 0.25) is 0 Å². The van der Waals surface area contributed by atoms with Crippen molar-refractivity contribution in [1.29, 1.82) is 0 Å². The average molecular weight is 366 g/mol. The maximum atomic E-state index is 12.6. The maximum Gasteiger partial charge on any atom is 0.313 e. The first-order valence-corrected chi connectivity index (χ1v) is 9.04. The summed E-state index contributed by atoms with van der Waals surface area (Å²) in [6, 6.07) is 3.71. The van der Waals surface area contributed by atoms with Gasteiger partial charge in [0.25, 0.3) is 0 Å². The minimum Gasteiger partial charge on any atom is -0.496 e. The Labute approximate surface area is 152 Å². The van der Waals surface area contributed by atoms with Crippen molar-refractivity contribution in [2.75, 3.05) is 27.4 Å². The zero-order valence-electron chi connectivity index (χ0n) is 14.9. The molecule has 25 heavy (non-hydrogen) atoms. The van der Waals surface area contributed by atoms with Gasteiger partial charge in [0, 0.05) is 24.7 Å². The molecular formula is C19H24ClNO4. The third-order valence-corrected chi connectivity index (χ3v) is 5.14. The second kappa shape index (κ2) is 7.67. The van der Waals surface area contributed by atoms with Gasteiger partial charge in [-0.1, -0.05) is 11.6 Å². The Hall–Kier alpha value is -1.72. The van der Waals surface area contributed by atoms with Crippen molar-refractivity contribution in [3.05, 3.63) is 28.4 Å². The number of benzene rings is 1. The summed E-state index contributed by atoms with van der Waals surface area (Å²) in [5.74, 6) is 0.293. The van der Waals surface area contributed by atoms with Crippen LogP contribution >= 0.6 is 11.6 Å². The number of carbonyl (C=O) groups is 1. The van der Waals surface area contributed by atoms with Gasteiger partial charge >= 0.3 is 5.97 Å². The van der Waals surface area contributed by atoms with Crippen molar-refractivity contribution >= 4 is 28.5 Å². The molecule has 0 unspecified atom stereocenters. The van der Waals surface area contributed by atoms with Crippen molar-refractivity contribution in [2.45, 2.75) is 38.6 Å². The van der Waals surface area contributed by atoms with Crippen LogP contribution in [0.25, 0.3) is 10.9 Å². The summed E-state index contributed by atoms with van der Waals surface area (Å²) >= 11 is 6.54. The number of nitrogens with zero attached hydrogens (tertiary/aromatic N) is 1. The minimum absolute atomic E-state index is 0.170. The van der Waals surface area contributed by atoms with E-state index in [1.807, 2.05) is 19.1 Å². The highest BCUT2D eigenvalue weighted by Crippen LogP contribution is 2.45. The van der Waals surface area contributed by atoms with Crippen molar-refractivity contribution < 1.29 is 19.0 Å². The van der Waals surface area contributed by atoms with Crippen LogP contribution in [0.15, 0.2) is 12.1 Å². The van der Waals surface area contributed by atoms with Gasteiger partial charge in [-0.25, -0.2) is 0 Å². The van der Waals surface area contributed by atoms with E-state index in [1.165, 1.54) is 0 Å². The first-order chi connectivity index (χ1) is 12.1. The molecule has 1 atom stereocenters. The van der Waals surface area contributed by atoms with Crippen LogP contribution in [0.2, 0.25) is 5.02 Å². The zero-order chi connectivity index (χ0) is 18.0. The van der Waals surface area contributed by atoms with Crippen LogP contribution in [0.1, 0.15) is 36.9 Å². The molecule has 1 aromatic carbocycles. The van der Waals surface area contributed by atoms with Gasteiger partial charge in [-0.2, -0.15) is 0 Å². The largest absolute Gasteiger partial charge is 0.496 e. The molecule has 1 heterocycles. The number of methoxy groups -OCH3 is 2. The number of rotatable bonds is 6. The lowest BCUT2D eigenvalue weighted by atomic mass is 9.85. The lowest BCUT2D eigenvalue weighted by Crippen LogP contribution is -2.22. The highest BCUT2D eigenvalue weighted by Gasteiger charge is 2.34. The molecule has 1 aliphatic rings. The fourth-order valence-corrected chi connectivity index (χ4v) is 4.10. The number of carbonyl (C=O) groups excluding carboxylic acids is 1. The van der Waals surface area contributed by atoms with Crippen LogP contribution in [0, 0.1) is 0 Å². The number of ether oxygens (including phenoxy) is 3. The Morgan fingerprint density at radius 1 is 1.36 bits per heavy atom. The van der Waals surface area contributed by atoms with E-state index in [9.17, 15) is 4.79 Å². The molecule has 0 bridgehead atoms. The van der Waals surface area contributed by atoms with Gasteiger partial charge < -0.3 is 18.8 Å². The van der Waals surface area contributed by atoms with E-state index >= 15 is 0 Å². The number of halogens is 1. The Bertz CT molecular complexity index is 784. The number of fused-ring (bicyclic) bond motifs is 3. The molecule has 6 heteroatoms. The molecule has 0 N–H and O–H groups in total. The molecule has 0 radical (unpaired) electrons. The predicted molar refractivity (Wildman–Crippen MR) is 97.7 cm³/mol. The van der Waals surface area contributed by atoms with Crippen LogP contribution < -0.4 is 4.74 Å². The molecule has 0 saturated carbocycles. The summed E-state index contributed by atoms with van der Waals surface area (Å²) in [7, 11) is 3.32. The van der Waals surface area contributed by atoms with E-state index in [0.717, 1.165) is 47.2 Å². The van der Waals surface area contributed by atoms with Crippen molar-refractivity contribution in [1.82, 2.24) is 4.57 Å². The summed E-state index contributed by atoms with van der Waals surface area (Å²) in [6.07, 6.45) is 2.63. The Kier molecular flexibility index (Phi) is 5.54. The van der Waals surface area contributed by atoms with Gasteiger partial charge in [0.1, 0.15) is 5.75 Å². The third-order valence-electron chi connectivity index (χ3n) is 4.83. The van der Waals surface area contributed by atoms with E-state index in [0.29, 0.717) is 24.8 Å². The highest BCUT2D eigenvalue weighted by molar-refractivity contribution is 6.35. The Balaban J connectivity index is 2.28. The van der Waals surface area contributed by atoms with Crippen LogP contribution in [-0.2, 0) is 27.2 Å². The Morgan fingerprint density at radius 2 is 2.16 bits per heavy atom. The molecule has 0 saturated heterocycles. The fraction of sp³-hybridized carbons (Fsp3) is 0.526. The summed E-state index contributed by atoms with van der Waals surface area (Å²) in [5, 5.41) is 1.59. The summed E-state index contributed by atoms with van der Waals surface area (Å²) in [6.45, 7) is 3.48. The monoisotopic (exact) mass is 365 g/mol. The number of esters is 1. The lowest BCUT2D eigenvalue weighted by molar-refractivity contribution is -0.145. The standard InChI is InChI=1S/C19H24ClNO4/c1-4-25-19(22)12-6-5-7-14-16(12)17-15(24-3)9-8-13(20)18(17)21(14)10-11-23-2/h8-9,12H,4-7,10-11H2,1-3H3/t12-/m1/s1. The van der Waals surface area contributed by atoms with Gasteiger partial charge in [-0.05, 0) is 43.9 Å². The summed E-state index contributed by atoms with van der Waals surface area (Å²) < 4.78 is 18.4. The summed E-state index contributed by atoms with van der Waals surface area (Å²) in [5.41, 5.74) is 3.07. The molecule has 0 fully saturated rings. The highest BCUT2D eigenvalue weighted by atomic mass is 35.5. The van der Waals surface area contributed by atoms with E-state index < -0.39 is 0 Å². The molecule has 0 spiro atoms. The minimum atomic E-state index is -0.276. The average Bonchev–Trinajstić information content (AvgIpc) is 2.96. The number of aromatic nitrogens is 1. The lowest BCUT2D eigenvalue weighted by Gasteiger charge is -2.23. The predicted octanol–water partition coefficient (Wildman–Crippen LogP) is 3.93. The van der Waals surface area contributed by atoms with Crippen molar-refractivity contribution in [3.63, 3.8) is 0 Å².